The highest BCUT2D eigenvalue weighted by molar-refractivity contribution is 5.35. The predicted octanol–water partition coefficient (Wildman–Crippen LogP) is 1.81. The fraction of sp³-hybridized carbons (Fsp3) is 0.333. The van der Waals surface area contributed by atoms with E-state index in [0.29, 0.717) is 0 Å². The zero-order valence-corrected chi connectivity index (χ0v) is 8.27. The number of nitriles is 1. The standard InChI is InChI=1S/C9H6F4N2O2/c10-4-6-5(1-2-14)3-7(16)15-8(6)17-9(11,12)13/h3H,1,4H2,(H,15,16). The third-order valence-electron chi connectivity index (χ3n) is 1.82. The summed E-state index contributed by atoms with van der Waals surface area (Å²) in [5.41, 5.74) is -1.51. The molecule has 0 fully saturated rings. The average molecular weight is 250 g/mol. The Morgan fingerprint density at radius 3 is 2.59 bits per heavy atom. The molecule has 1 rings (SSSR count). The summed E-state index contributed by atoms with van der Waals surface area (Å²) >= 11 is 0. The maximum absolute atomic E-state index is 12.6. The molecule has 0 radical (unpaired) electrons. The summed E-state index contributed by atoms with van der Waals surface area (Å²) in [5, 5.41) is 8.41. The van der Waals surface area contributed by atoms with Gasteiger partial charge in [-0.3, -0.25) is 9.78 Å². The third-order valence-corrected chi connectivity index (χ3v) is 1.82. The highest BCUT2D eigenvalue weighted by Crippen LogP contribution is 2.26. The van der Waals surface area contributed by atoms with Crippen LogP contribution in [0.4, 0.5) is 17.6 Å². The van der Waals surface area contributed by atoms with Crippen LogP contribution < -0.4 is 10.3 Å². The normalized spacial score (nSPS) is 11.0. The molecule has 1 heterocycles. The zero-order chi connectivity index (χ0) is 13.1. The summed E-state index contributed by atoms with van der Waals surface area (Å²) in [5.74, 6) is -1.02. The third kappa shape index (κ3) is 3.48. The molecule has 0 aromatic carbocycles. The number of aromatic nitrogens is 1. The largest absolute Gasteiger partial charge is 0.574 e. The molecular weight excluding hydrogens is 244 g/mol. The minimum absolute atomic E-state index is 0.127. The second-order valence-electron chi connectivity index (χ2n) is 2.98. The van der Waals surface area contributed by atoms with Crippen molar-refractivity contribution in [2.45, 2.75) is 19.5 Å². The van der Waals surface area contributed by atoms with Crippen molar-refractivity contribution in [3.05, 3.63) is 27.5 Å². The molecular formula is C9H6F4N2O2. The number of rotatable bonds is 3. The first-order chi connectivity index (χ1) is 7.87. The second-order valence-corrected chi connectivity index (χ2v) is 2.98. The summed E-state index contributed by atoms with van der Waals surface area (Å²) in [4.78, 5) is 12.7. The fourth-order valence-electron chi connectivity index (χ4n) is 1.21. The first-order valence-electron chi connectivity index (χ1n) is 4.31. The quantitative estimate of drug-likeness (QED) is 0.832. The molecule has 0 aliphatic heterocycles. The van der Waals surface area contributed by atoms with Gasteiger partial charge in [0.15, 0.2) is 0 Å². The summed E-state index contributed by atoms with van der Waals surface area (Å²) in [6.07, 6.45) is -5.42. The average Bonchev–Trinajstić information content (AvgIpc) is 2.15. The SMILES string of the molecule is N#CCc1cc(=O)[nH]c(OC(F)(F)F)c1CF. The van der Waals surface area contributed by atoms with Crippen molar-refractivity contribution in [1.29, 1.82) is 5.26 Å². The molecule has 0 amide bonds. The number of pyridine rings is 1. The van der Waals surface area contributed by atoms with Gasteiger partial charge < -0.3 is 4.74 Å². The number of hydrogen-bond donors (Lipinski definition) is 1. The number of nitrogens with zero attached hydrogens (tertiary/aromatic N) is 1. The van der Waals surface area contributed by atoms with Crippen LogP contribution in [0, 0.1) is 11.3 Å². The minimum Gasteiger partial charge on any atom is -0.389 e. The van der Waals surface area contributed by atoms with Gasteiger partial charge in [0.2, 0.25) is 5.88 Å². The van der Waals surface area contributed by atoms with Crippen molar-refractivity contribution >= 4 is 0 Å². The van der Waals surface area contributed by atoms with Crippen molar-refractivity contribution in [2.24, 2.45) is 0 Å². The van der Waals surface area contributed by atoms with Gasteiger partial charge in [-0.05, 0) is 5.56 Å². The van der Waals surface area contributed by atoms with E-state index in [-0.39, 0.29) is 12.0 Å². The van der Waals surface area contributed by atoms with Gasteiger partial charge >= 0.3 is 6.36 Å². The molecule has 4 nitrogen and oxygen atoms in total. The Balaban J connectivity index is 3.29. The van der Waals surface area contributed by atoms with Crippen molar-refractivity contribution in [3.8, 4) is 11.9 Å². The van der Waals surface area contributed by atoms with Gasteiger partial charge in [0.25, 0.3) is 5.56 Å². The lowest BCUT2D eigenvalue weighted by Crippen LogP contribution is -2.22. The maximum atomic E-state index is 12.6. The monoisotopic (exact) mass is 250 g/mol. The number of alkyl halides is 4. The minimum atomic E-state index is -5.04. The molecule has 0 saturated heterocycles. The van der Waals surface area contributed by atoms with Crippen LogP contribution in [0.1, 0.15) is 11.1 Å². The van der Waals surface area contributed by atoms with Crippen molar-refractivity contribution in [1.82, 2.24) is 4.98 Å². The molecule has 0 spiro atoms. The maximum Gasteiger partial charge on any atom is 0.574 e. The number of aromatic amines is 1. The first-order valence-corrected chi connectivity index (χ1v) is 4.31. The summed E-state index contributed by atoms with van der Waals surface area (Å²) in [6.45, 7) is -1.28. The van der Waals surface area contributed by atoms with Crippen LogP contribution in [0.15, 0.2) is 10.9 Å². The molecule has 0 aliphatic carbocycles. The predicted molar refractivity (Wildman–Crippen MR) is 47.9 cm³/mol. The lowest BCUT2D eigenvalue weighted by Gasteiger charge is -2.12. The van der Waals surface area contributed by atoms with Crippen LogP contribution in [-0.2, 0) is 13.1 Å². The molecule has 1 aromatic rings. The molecule has 0 bridgehead atoms. The highest BCUT2D eigenvalue weighted by atomic mass is 19.4. The van der Waals surface area contributed by atoms with E-state index >= 15 is 0 Å². The molecule has 8 heteroatoms. The van der Waals surface area contributed by atoms with Crippen molar-refractivity contribution in [2.75, 3.05) is 0 Å². The van der Waals surface area contributed by atoms with Gasteiger partial charge in [0, 0.05) is 11.6 Å². The van der Waals surface area contributed by atoms with E-state index in [9.17, 15) is 22.4 Å². The lowest BCUT2D eigenvalue weighted by atomic mass is 10.1. The van der Waals surface area contributed by atoms with E-state index in [0.717, 1.165) is 6.07 Å². The Bertz CT molecular complexity index is 501. The number of nitrogens with one attached hydrogen (secondary N) is 1. The second kappa shape index (κ2) is 4.86. The molecule has 17 heavy (non-hydrogen) atoms. The smallest absolute Gasteiger partial charge is 0.389 e. The Morgan fingerprint density at radius 1 is 1.47 bits per heavy atom. The highest BCUT2D eigenvalue weighted by Gasteiger charge is 2.33. The van der Waals surface area contributed by atoms with Gasteiger partial charge in [-0.2, -0.15) is 5.26 Å². The van der Waals surface area contributed by atoms with E-state index in [1.807, 2.05) is 0 Å². The lowest BCUT2D eigenvalue weighted by molar-refractivity contribution is -0.276. The topological polar surface area (TPSA) is 65.9 Å². The number of halogens is 4. The molecule has 0 atom stereocenters. The number of hydrogen-bond acceptors (Lipinski definition) is 3. The van der Waals surface area contributed by atoms with E-state index in [4.69, 9.17) is 5.26 Å². The summed E-state index contributed by atoms with van der Waals surface area (Å²) in [6, 6.07) is 2.48. The van der Waals surface area contributed by atoms with Crippen LogP contribution in [0.5, 0.6) is 5.88 Å². The van der Waals surface area contributed by atoms with Crippen molar-refractivity contribution in [3.63, 3.8) is 0 Å². The molecule has 1 aromatic heterocycles. The zero-order valence-electron chi connectivity index (χ0n) is 8.27. The van der Waals surface area contributed by atoms with E-state index in [1.54, 1.807) is 11.1 Å². The van der Waals surface area contributed by atoms with Crippen molar-refractivity contribution < 1.29 is 22.3 Å². The van der Waals surface area contributed by atoms with Gasteiger partial charge in [-0.15, -0.1) is 13.2 Å². The van der Waals surface area contributed by atoms with Crippen LogP contribution in [0.3, 0.4) is 0 Å². The van der Waals surface area contributed by atoms with Crippen LogP contribution >= 0.6 is 0 Å². The molecule has 0 aliphatic rings. The molecule has 1 N–H and O–H groups in total. The molecule has 92 valence electrons. The Labute approximate surface area is 92.4 Å². The van der Waals surface area contributed by atoms with Gasteiger partial charge in [-0.1, -0.05) is 0 Å². The Morgan fingerprint density at radius 2 is 2.12 bits per heavy atom. The van der Waals surface area contributed by atoms with Crippen LogP contribution in [-0.4, -0.2) is 11.3 Å². The fourth-order valence-corrected chi connectivity index (χ4v) is 1.21. The van der Waals surface area contributed by atoms with Gasteiger partial charge in [-0.25, -0.2) is 4.39 Å². The van der Waals surface area contributed by atoms with E-state index < -0.39 is 30.0 Å². The molecule has 0 saturated carbocycles. The van der Waals surface area contributed by atoms with E-state index in [2.05, 4.69) is 4.74 Å². The first kappa shape index (κ1) is 13.0. The van der Waals surface area contributed by atoms with E-state index in [1.165, 1.54) is 0 Å². The Hall–Kier alpha value is -2.04. The molecule has 0 unspecified atom stereocenters. The van der Waals surface area contributed by atoms with Crippen LogP contribution in [0.2, 0.25) is 0 Å². The van der Waals surface area contributed by atoms with Gasteiger partial charge in [0.05, 0.1) is 12.5 Å². The summed E-state index contributed by atoms with van der Waals surface area (Å²) in [7, 11) is 0. The Kier molecular flexibility index (Phi) is 3.73. The number of ether oxygens (including phenoxy) is 1. The number of H-pyrrole nitrogens is 1. The summed E-state index contributed by atoms with van der Waals surface area (Å²) < 4.78 is 52.0. The van der Waals surface area contributed by atoms with Crippen LogP contribution in [0.25, 0.3) is 0 Å². The van der Waals surface area contributed by atoms with Gasteiger partial charge in [0.1, 0.15) is 6.67 Å².